The first-order chi connectivity index (χ1) is 12.4. The Labute approximate surface area is 155 Å². The number of carbonyl (C=O) groups is 1. The maximum atomic E-state index is 12.1. The Bertz CT molecular complexity index is 892. The van der Waals surface area contributed by atoms with Gasteiger partial charge in [0.2, 0.25) is 5.91 Å². The van der Waals surface area contributed by atoms with Gasteiger partial charge in [-0.25, -0.2) is 8.42 Å². The van der Waals surface area contributed by atoms with E-state index in [1.54, 1.807) is 19.1 Å². The van der Waals surface area contributed by atoms with E-state index in [9.17, 15) is 26.4 Å². The molecule has 2 aromatic rings. The highest BCUT2D eigenvalue weighted by Crippen LogP contribution is 2.23. The molecule has 1 atom stereocenters. The summed E-state index contributed by atoms with van der Waals surface area (Å²) in [5.41, 5.74) is 1.26. The lowest BCUT2D eigenvalue weighted by atomic mass is 10.1. The van der Waals surface area contributed by atoms with Crippen LogP contribution in [0.25, 0.3) is 0 Å². The van der Waals surface area contributed by atoms with Crippen LogP contribution in [0.1, 0.15) is 24.1 Å². The zero-order valence-corrected chi connectivity index (χ0v) is 15.4. The summed E-state index contributed by atoms with van der Waals surface area (Å²) in [7, 11) is -3.29. The highest BCUT2D eigenvalue weighted by atomic mass is 32.2. The molecule has 0 aliphatic carbocycles. The van der Waals surface area contributed by atoms with E-state index in [0.717, 1.165) is 24.0 Å². The van der Waals surface area contributed by atoms with E-state index in [-0.39, 0.29) is 29.0 Å². The van der Waals surface area contributed by atoms with E-state index >= 15 is 0 Å². The van der Waals surface area contributed by atoms with Gasteiger partial charge in [0.25, 0.3) is 0 Å². The summed E-state index contributed by atoms with van der Waals surface area (Å²) in [5.74, 6) is -0.676. The van der Waals surface area contributed by atoms with E-state index in [0.29, 0.717) is 5.56 Å². The molecule has 146 valence electrons. The largest absolute Gasteiger partial charge is 0.573 e. The summed E-state index contributed by atoms with van der Waals surface area (Å²) in [6.07, 6.45) is -3.67. The van der Waals surface area contributed by atoms with Gasteiger partial charge in [-0.3, -0.25) is 4.79 Å². The van der Waals surface area contributed by atoms with Crippen molar-refractivity contribution in [2.24, 2.45) is 0 Å². The normalized spacial score (nSPS) is 13.1. The molecule has 0 unspecified atom stereocenters. The lowest BCUT2D eigenvalue weighted by Crippen LogP contribution is -2.28. The van der Waals surface area contributed by atoms with Crippen molar-refractivity contribution >= 4 is 15.7 Å². The topological polar surface area (TPSA) is 72.5 Å². The Kier molecular flexibility index (Phi) is 6.15. The zero-order chi connectivity index (χ0) is 20.2. The standard InChI is InChI=1S/C18H18F3NO4S/c1-12(14-5-9-16(10-6-14)27(2,24)25)22-17(23)11-13-3-7-15(8-4-13)26-18(19,20)21/h3-10,12H,11H2,1-2H3,(H,22,23)/t12-/m1/s1. The summed E-state index contributed by atoms with van der Waals surface area (Å²) >= 11 is 0. The van der Waals surface area contributed by atoms with E-state index in [1.165, 1.54) is 24.3 Å². The summed E-state index contributed by atoms with van der Waals surface area (Å²) < 4.78 is 63.1. The second-order valence-corrected chi connectivity index (χ2v) is 8.01. The van der Waals surface area contributed by atoms with Crippen molar-refractivity contribution in [2.75, 3.05) is 6.26 Å². The maximum Gasteiger partial charge on any atom is 0.573 e. The van der Waals surface area contributed by atoms with E-state index in [4.69, 9.17) is 0 Å². The van der Waals surface area contributed by atoms with Gasteiger partial charge in [-0.15, -0.1) is 13.2 Å². The monoisotopic (exact) mass is 401 g/mol. The molecule has 0 bridgehead atoms. The van der Waals surface area contributed by atoms with Crippen molar-refractivity contribution in [3.8, 4) is 5.75 Å². The molecule has 1 amide bonds. The van der Waals surface area contributed by atoms with Gasteiger partial charge in [-0.1, -0.05) is 24.3 Å². The highest BCUT2D eigenvalue weighted by molar-refractivity contribution is 7.90. The number of rotatable bonds is 6. The van der Waals surface area contributed by atoms with Crippen LogP contribution in [-0.4, -0.2) is 26.9 Å². The molecular weight excluding hydrogens is 383 g/mol. The predicted octanol–water partition coefficient (Wildman–Crippen LogP) is 3.41. The second-order valence-electron chi connectivity index (χ2n) is 6.00. The predicted molar refractivity (Wildman–Crippen MR) is 92.9 cm³/mol. The summed E-state index contributed by atoms with van der Waals surface area (Å²) in [4.78, 5) is 12.3. The van der Waals surface area contributed by atoms with Gasteiger partial charge in [0.15, 0.2) is 9.84 Å². The molecule has 0 saturated heterocycles. The van der Waals surface area contributed by atoms with E-state index in [2.05, 4.69) is 10.1 Å². The number of halogens is 3. The number of carbonyl (C=O) groups excluding carboxylic acids is 1. The van der Waals surface area contributed by atoms with E-state index < -0.39 is 16.2 Å². The Morgan fingerprint density at radius 3 is 2.11 bits per heavy atom. The smallest absolute Gasteiger partial charge is 0.406 e. The average molecular weight is 401 g/mol. The second kappa shape index (κ2) is 7.99. The fraction of sp³-hybridized carbons (Fsp3) is 0.278. The number of benzene rings is 2. The molecule has 0 aliphatic rings. The lowest BCUT2D eigenvalue weighted by Gasteiger charge is -2.15. The van der Waals surface area contributed by atoms with Gasteiger partial charge in [0.05, 0.1) is 17.4 Å². The fourth-order valence-electron chi connectivity index (χ4n) is 2.37. The molecule has 27 heavy (non-hydrogen) atoms. The molecule has 0 radical (unpaired) electrons. The molecule has 0 aliphatic heterocycles. The van der Waals surface area contributed by atoms with Crippen molar-refractivity contribution in [1.82, 2.24) is 5.32 Å². The Hall–Kier alpha value is -2.55. The number of ether oxygens (including phenoxy) is 1. The van der Waals surface area contributed by atoms with Crippen LogP contribution >= 0.6 is 0 Å². The first-order valence-electron chi connectivity index (χ1n) is 7.88. The summed E-state index contributed by atoms with van der Waals surface area (Å²) in [6, 6.07) is 10.8. The molecule has 1 N–H and O–H groups in total. The number of amides is 1. The number of hydrogen-bond acceptors (Lipinski definition) is 4. The number of hydrogen-bond donors (Lipinski definition) is 1. The van der Waals surface area contributed by atoms with Crippen LogP contribution in [-0.2, 0) is 21.1 Å². The molecule has 2 rings (SSSR count). The Morgan fingerprint density at radius 2 is 1.63 bits per heavy atom. The molecule has 0 saturated carbocycles. The van der Waals surface area contributed by atoms with Crippen molar-refractivity contribution in [3.63, 3.8) is 0 Å². The third-order valence-corrected chi connectivity index (χ3v) is 4.84. The summed E-state index contributed by atoms with van der Waals surface area (Å²) in [6.45, 7) is 1.74. The summed E-state index contributed by atoms with van der Waals surface area (Å²) in [5, 5.41) is 2.76. The third kappa shape index (κ3) is 6.59. The quantitative estimate of drug-likeness (QED) is 0.805. The number of alkyl halides is 3. The van der Waals surface area contributed by atoms with Crippen LogP contribution in [0.2, 0.25) is 0 Å². The SMILES string of the molecule is C[C@@H](NC(=O)Cc1ccc(OC(F)(F)F)cc1)c1ccc(S(C)(=O)=O)cc1. The number of sulfone groups is 1. The van der Waals surface area contributed by atoms with Crippen LogP contribution in [0.15, 0.2) is 53.4 Å². The van der Waals surface area contributed by atoms with Crippen LogP contribution < -0.4 is 10.1 Å². The van der Waals surface area contributed by atoms with Gasteiger partial charge in [0, 0.05) is 6.26 Å². The van der Waals surface area contributed by atoms with Crippen LogP contribution in [0, 0.1) is 0 Å². The van der Waals surface area contributed by atoms with Crippen molar-refractivity contribution in [1.29, 1.82) is 0 Å². The van der Waals surface area contributed by atoms with Crippen molar-refractivity contribution < 1.29 is 31.1 Å². The minimum absolute atomic E-state index is 0.0158. The molecule has 0 fully saturated rings. The molecule has 5 nitrogen and oxygen atoms in total. The first kappa shape index (κ1) is 20.8. The number of nitrogens with one attached hydrogen (secondary N) is 1. The highest BCUT2D eigenvalue weighted by Gasteiger charge is 2.30. The van der Waals surface area contributed by atoms with Crippen LogP contribution in [0.3, 0.4) is 0 Å². The zero-order valence-electron chi connectivity index (χ0n) is 14.6. The Morgan fingerprint density at radius 1 is 1.07 bits per heavy atom. The first-order valence-corrected chi connectivity index (χ1v) is 9.77. The minimum atomic E-state index is -4.76. The van der Waals surface area contributed by atoms with Crippen molar-refractivity contribution in [2.45, 2.75) is 30.6 Å². The third-order valence-electron chi connectivity index (χ3n) is 3.71. The van der Waals surface area contributed by atoms with Crippen LogP contribution in [0.4, 0.5) is 13.2 Å². The Balaban J connectivity index is 1.95. The van der Waals surface area contributed by atoms with Crippen LogP contribution in [0.5, 0.6) is 5.75 Å². The van der Waals surface area contributed by atoms with Gasteiger partial charge in [0.1, 0.15) is 5.75 Å². The van der Waals surface area contributed by atoms with Crippen molar-refractivity contribution in [3.05, 3.63) is 59.7 Å². The van der Waals surface area contributed by atoms with Gasteiger partial charge in [-0.05, 0) is 42.3 Å². The molecule has 0 spiro atoms. The van der Waals surface area contributed by atoms with Gasteiger partial charge < -0.3 is 10.1 Å². The molecule has 0 aromatic heterocycles. The van der Waals surface area contributed by atoms with Gasteiger partial charge in [-0.2, -0.15) is 0 Å². The fourth-order valence-corrected chi connectivity index (χ4v) is 3.00. The minimum Gasteiger partial charge on any atom is -0.406 e. The van der Waals surface area contributed by atoms with Gasteiger partial charge >= 0.3 is 6.36 Å². The maximum absolute atomic E-state index is 12.1. The molecule has 0 heterocycles. The molecule has 2 aromatic carbocycles. The molecule has 9 heteroatoms. The lowest BCUT2D eigenvalue weighted by molar-refractivity contribution is -0.274. The molecular formula is C18H18F3NO4S. The average Bonchev–Trinajstić information content (AvgIpc) is 2.54. The van der Waals surface area contributed by atoms with E-state index in [1.807, 2.05) is 0 Å².